The number of nitrogens with zero attached hydrogens (tertiary/aromatic N) is 4. The van der Waals surface area contributed by atoms with Gasteiger partial charge in [-0.05, 0) is 90.8 Å². The number of Topliss-reactive ketones (excluding diaryl/α,β-unsaturated/α-hetero) is 2. The van der Waals surface area contributed by atoms with E-state index in [2.05, 4.69) is 41.2 Å². The molecule has 6 amide bonds. The number of urea groups is 2. The molecule has 2 saturated heterocycles. The molecule has 4 fully saturated rings. The molecule has 0 bridgehead atoms. The van der Waals surface area contributed by atoms with E-state index in [0.717, 1.165) is 85.0 Å². The molecule has 2 aliphatic heterocycles. The highest BCUT2D eigenvalue weighted by molar-refractivity contribution is 6.39. The number of aromatic amines is 2. The van der Waals surface area contributed by atoms with Crippen LogP contribution in [0, 0.1) is 0 Å². The number of carbonyl (C=O) groups excluding carboxylic acids is 6. The summed E-state index contributed by atoms with van der Waals surface area (Å²) in [6.07, 6.45) is 14.0. The SMILES string of the molecule is O=C(NC1CCCC1)N[C@H](C(=O)C(=O)N1CCC[C@@H]1c1ncc(-c2ccc(COCc3cccc(-c4cnc([C@@H]5CCCN5C(=O)C(=O)[C@H](NC(=O)NC5CCCC5)c5ccccc5)[nH]4)c3)cc2)[nH]1)c1ccccc1. The number of amides is 6. The number of nitrogens with one attached hydrogen (secondary N) is 6. The first-order valence-electron chi connectivity index (χ1n) is 26.4. The summed E-state index contributed by atoms with van der Waals surface area (Å²) in [5.74, 6) is -1.51. The van der Waals surface area contributed by atoms with Crippen molar-refractivity contribution in [3.8, 4) is 22.5 Å². The number of carbonyl (C=O) groups is 6. The maximum Gasteiger partial charge on any atom is 0.315 e. The summed E-state index contributed by atoms with van der Waals surface area (Å²) in [5.41, 5.74) is 6.38. The molecule has 6 aromatic rings. The Morgan fingerprint density at radius 1 is 0.520 bits per heavy atom. The van der Waals surface area contributed by atoms with E-state index in [4.69, 9.17) is 4.74 Å². The van der Waals surface area contributed by atoms with E-state index in [0.29, 0.717) is 74.8 Å². The normalized spacial score (nSPS) is 18.7. The standard InChI is InChI=1S/C58H64N10O7/c69-51(49(40-15-3-1-4-16-40)65-57(73)61-43-20-7-8-21-43)55(71)67-30-12-24-47(67)53-59-33-45(63-53)39-28-26-37(27-29-39)35-75-36-38-14-11-19-42(32-38)46-34-60-54(64-46)48-25-13-31-68(48)56(72)52(70)50(41-17-5-2-6-18-41)66-58(74)62-44-22-9-10-23-44/h1-6,11,14-19,26-29,32-34,43-44,47-50H,7-10,12-13,20-25,30-31,35-36H2,(H,59,63)(H,60,64)(H2,61,65,73)(H2,62,66,74)/t47-,48+,49+,50-/m1/s1. The number of hydrogen-bond donors (Lipinski definition) is 6. The molecule has 17 nitrogen and oxygen atoms in total. The fourth-order valence-corrected chi connectivity index (χ4v) is 11.1. The summed E-state index contributed by atoms with van der Waals surface area (Å²) in [6.45, 7) is 1.53. The second-order valence-electron chi connectivity index (χ2n) is 20.2. The van der Waals surface area contributed by atoms with Crippen molar-refractivity contribution in [3.05, 3.63) is 155 Å². The molecule has 4 heterocycles. The van der Waals surface area contributed by atoms with Crippen LogP contribution < -0.4 is 21.3 Å². The molecule has 2 aromatic heterocycles. The van der Waals surface area contributed by atoms with Gasteiger partial charge < -0.3 is 45.8 Å². The van der Waals surface area contributed by atoms with E-state index in [1.54, 1.807) is 70.7 Å². The van der Waals surface area contributed by atoms with Gasteiger partial charge in [-0.15, -0.1) is 0 Å². The molecule has 4 aromatic carbocycles. The highest BCUT2D eigenvalue weighted by atomic mass is 16.5. The number of rotatable bonds is 18. The number of imidazole rings is 2. The van der Waals surface area contributed by atoms with Crippen LogP contribution in [-0.4, -0.2) is 90.4 Å². The summed E-state index contributed by atoms with van der Waals surface area (Å²) in [5, 5.41) is 11.6. The van der Waals surface area contributed by atoms with E-state index in [1.165, 1.54) is 0 Å². The summed E-state index contributed by atoms with van der Waals surface area (Å²) < 4.78 is 6.18. The van der Waals surface area contributed by atoms with Gasteiger partial charge in [0.15, 0.2) is 0 Å². The van der Waals surface area contributed by atoms with E-state index in [1.807, 2.05) is 60.7 Å². The molecule has 2 saturated carbocycles. The zero-order chi connectivity index (χ0) is 51.7. The molecule has 388 valence electrons. The lowest BCUT2D eigenvalue weighted by Crippen LogP contribution is -2.48. The van der Waals surface area contributed by atoms with Crippen LogP contribution in [0.25, 0.3) is 22.5 Å². The molecular formula is C58H64N10O7. The van der Waals surface area contributed by atoms with Gasteiger partial charge in [0, 0.05) is 25.2 Å². The maximum atomic E-state index is 14.0. The van der Waals surface area contributed by atoms with Crippen LogP contribution in [0.5, 0.6) is 0 Å². The van der Waals surface area contributed by atoms with Crippen molar-refractivity contribution in [1.29, 1.82) is 0 Å². The van der Waals surface area contributed by atoms with E-state index in [9.17, 15) is 28.8 Å². The molecule has 0 radical (unpaired) electrons. The van der Waals surface area contributed by atoms with Crippen molar-refractivity contribution >= 4 is 35.4 Å². The van der Waals surface area contributed by atoms with Crippen molar-refractivity contribution in [1.82, 2.24) is 51.0 Å². The van der Waals surface area contributed by atoms with Crippen LogP contribution >= 0.6 is 0 Å². The third-order valence-corrected chi connectivity index (χ3v) is 15.0. The first-order chi connectivity index (χ1) is 36.6. The minimum atomic E-state index is -1.13. The second-order valence-corrected chi connectivity index (χ2v) is 20.2. The van der Waals surface area contributed by atoms with Crippen LogP contribution in [0.2, 0.25) is 0 Å². The number of ether oxygens (including phenoxy) is 1. The van der Waals surface area contributed by atoms with Gasteiger partial charge in [-0.3, -0.25) is 19.2 Å². The zero-order valence-corrected chi connectivity index (χ0v) is 42.0. The van der Waals surface area contributed by atoms with Gasteiger partial charge >= 0.3 is 12.1 Å². The predicted molar refractivity (Wildman–Crippen MR) is 280 cm³/mol. The molecular weight excluding hydrogens is 949 g/mol. The summed E-state index contributed by atoms with van der Waals surface area (Å²) in [4.78, 5) is 101. The van der Waals surface area contributed by atoms with Crippen LogP contribution in [0.15, 0.2) is 122 Å². The number of ketones is 2. The molecule has 0 unspecified atom stereocenters. The fraction of sp³-hybridized carbons (Fsp3) is 0.379. The zero-order valence-electron chi connectivity index (χ0n) is 42.0. The third kappa shape index (κ3) is 12.0. The predicted octanol–water partition coefficient (Wildman–Crippen LogP) is 8.62. The van der Waals surface area contributed by atoms with E-state index >= 15 is 0 Å². The molecule has 4 atom stereocenters. The van der Waals surface area contributed by atoms with Crippen LogP contribution in [0.1, 0.15) is 135 Å². The van der Waals surface area contributed by atoms with Gasteiger partial charge in [0.05, 0.1) is 49.1 Å². The minimum Gasteiger partial charge on any atom is -0.372 e. The van der Waals surface area contributed by atoms with Crippen molar-refractivity contribution in [3.63, 3.8) is 0 Å². The molecule has 10 rings (SSSR count). The van der Waals surface area contributed by atoms with Gasteiger partial charge in [-0.2, -0.15) is 0 Å². The Bertz CT molecular complexity index is 2970. The Morgan fingerprint density at radius 2 is 0.987 bits per heavy atom. The first-order valence-corrected chi connectivity index (χ1v) is 26.4. The van der Waals surface area contributed by atoms with Gasteiger partial charge in [0.25, 0.3) is 11.8 Å². The number of likely N-dealkylation sites (tertiary alicyclic amines) is 2. The van der Waals surface area contributed by atoms with Crippen LogP contribution in [0.3, 0.4) is 0 Å². The minimum absolute atomic E-state index is 0.0552. The van der Waals surface area contributed by atoms with Crippen molar-refractivity contribution in [2.75, 3.05) is 13.1 Å². The smallest absolute Gasteiger partial charge is 0.315 e. The van der Waals surface area contributed by atoms with Crippen LogP contribution in [0.4, 0.5) is 9.59 Å². The number of aromatic nitrogens is 4. The van der Waals surface area contributed by atoms with Crippen LogP contribution in [-0.2, 0) is 37.1 Å². The Hall–Kier alpha value is -7.92. The lowest BCUT2D eigenvalue weighted by molar-refractivity contribution is -0.146. The Kier molecular flexibility index (Phi) is 15.9. The summed E-state index contributed by atoms with van der Waals surface area (Å²) in [6, 6.07) is 29.8. The maximum absolute atomic E-state index is 14.0. The van der Waals surface area contributed by atoms with E-state index < -0.39 is 59.6 Å². The van der Waals surface area contributed by atoms with Gasteiger partial charge in [0.2, 0.25) is 11.6 Å². The fourth-order valence-electron chi connectivity index (χ4n) is 11.1. The van der Waals surface area contributed by atoms with E-state index in [-0.39, 0.29) is 12.1 Å². The molecule has 4 aliphatic rings. The third-order valence-electron chi connectivity index (χ3n) is 15.0. The van der Waals surface area contributed by atoms with Gasteiger partial charge in [0.1, 0.15) is 23.7 Å². The average Bonchev–Trinajstić information content (AvgIpc) is 4.31. The number of benzene rings is 4. The molecule has 2 aliphatic carbocycles. The molecule has 6 N–H and O–H groups in total. The Morgan fingerprint density at radius 3 is 1.48 bits per heavy atom. The largest absolute Gasteiger partial charge is 0.372 e. The summed E-state index contributed by atoms with van der Waals surface area (Å²) in [7, 11) is 0. The highest BCUT2D eigenvalue weighted by Gasteiger charge is 2.41. The first kappa shape index (κ1) is 50.6. The average molecular weight is 1010 g/mol. The lowest BCUT2D eigenvalue weighted by Gasteiger charge is -2.26. The number of H-pyrrole nitrogens is 2. The Labute approximate surface area is 436 Å². The van der Waals surface area contributed by atoms with Gasteiger partial charge in [-0.25, -0.2) is 19.6 Å². The number of hydrogen-bond acceptors (Lipinski definition) is 9. The highest BCUT2D eigenvalue weighted by Crippen LogP contribution is 2.35. The quantitative estimate of drug-likeness (QED) is 0.0453. The lowest BCUT2D eigenvalue weighted by atomic mass is 10.0. The monoisotopic (exact) mass is 1010 g/mol. The Balaban J connectivity index is 0.727. The molecule has 17 heteroatoms. The van der Waals surface area contributed by atoms with Crippen molar-refractivity contribution in [2.24, 2.45) is 0 Å². The van der Waals surface area contributed by atoms with Crippen molar-refractivity contribution in [2.45, 2.75) is 127 Å². The topological polar surface area (TPSA) is 224 Å². The summed E-state index contributed by atoms with van der Waals surface area (Å²) >= 11 is 0. The van der Waals surface area contributed by atoms with Gasteiger partial charge in [-0.1, -0.05) is 129 Å². The van der Waals surface area contributed by atoms with Crippen molar-refractivity contribution < 1.29 is 33.5 Å². The molecule has 75 heavy (non-hydrogen) atoms. The second kappa shape index (κ2) is 23.5. The molecule has 0 spiro atoms.